The van der Waals surface area contributed by atoms with Gasteiger partial charge in [-0.1, -0.05) is 23.7 Å². The summed E-state index contributed by atoms with van der Waals surface area (Å²) in [5.41, 5.74) is 0.888. The van der Waals surface area contributed by atoms with Crippen LogP contribution in [0, 0.1) is 5.82 Å². The molecule has 1 unspecified atom stereocenters. The van der Waals surface area contributed by atoms with E-state index in [4.69, 9.17) is 21.1 Å². The normalized spacial score (nSPS) is 18.9. The smallest absolute Gasteiger partial charge is 0.254 e. The van der Waals surface area contributed by atoms with E-state index in [-0.39, 0.29) is 30.4 Å². The summed E-state index contributed by atoms with van der Waals surface area (Å²) in [6.45, 7) is 1.42. The summed E-state index contributed by atoms with van der Waals surface area (Å²) in [7, 11) is 0. The zero-order valence-electron chi connectivity index (χ0n) is 15.6. The summed E-state index contributed by atoms with van der Waals surface area (Å²) in [4.78, 5) is 14.9. The molecule has 0 spiro atoms. The molecule has 0 aromatic heterocycles. The lowest BCUT2D eigenvalue weighted by molar-refractivity contribution is 0.0676. The predicted octanol–water partition coefficient (Wildman–Crippen LogP) is 4.84. The van der Waals surface area contributed by atoms with Gasteiger partial charge in [-0.15, -0.1) is 0 Å². The van der Waals surface area contributed by atoms with E-state index >= 15 is 0 Å². The van der Waals surface area contributed by atoms with Crippen LogP contribution in [-0.4, -0.2) is 36.2 Å². The molecule has 28 heavy (non-hydrogen) atoms. The van der Waals surface area contributed by atoms with Crippen LogP contribution in [-0.2, 0) is 11.3 Å². The molecule has 1 saturated carbocycles. The molecule has 4 rings (SSSR count). The summed E-state index contributed by atoms with van der Waals surface area (Å²) >= 11 is 6.17. The molecule has 4 nitrogen and oxygen atoms in total. The van der Waals surface area contributed by atoms with E-state index in [1.807, 2.05) is 6.07 Å². The minimum Gasteiger partial charge on any atom is -0.491 e. The molecular weight excluding hydrogens is 381 g/mol. The van der Waals surface area contributed by atoms with Crippen molar-refractivity contribution in [1.82, 2.24) is 4.90 Å². The first kappa shape index (κ1) is 19.2. The van der Waals surface area contributed by atoms with Crippen LogP contribution in [0.2, 0.25) is 5.02 Å². The molecule has 0 N–H and O–H groups in total. The summed E-state index contributed by atoms with van der Waals surface area (Å²) in [6, 6.07) is 11.9. The van der Waals surface area contributed by atoms with Crippen molar-refractivity contribution < 1.29 is 18.7 Å². The topological polar surface area (TPSA) is 38.8 Å². The number of carbonyl (C=O) groups is 1. The highest BCUT2D eigenvalue weighted by Crippen LogP contribution is 2.32. The molecule has 0 bridgehead atoms. The molecular formula is C22H23ClFNO3. The van der Waals surface area contributed by atoms with Gasteiger partial charge in [0.05, 0.1) is 12.6 Å². The summed E-state index contributed by atoms with van der Waals surface area (Å²) in [5, 5.41) is 0.340. The lowest BCUT2D eigenvalue weighted by Crippen LogP contribution is -2.33. The number of hydrogen-bond acceptors (Lipinski definition) is 3. The Morgan fingerprint density at radius 2 is 2.04 bits per heavy atom. The lowest BCUT2D eigenvalue weighted by Gasteiger charge is -2.24. The highest BCUT2D eigenvalue weighted by Gasteiger charge is 2.34. The average molecular weight is 404 g/mol. The molecule has 2 fully saturated rings. The van der Waals surface area contributed by atoms with Gasteiger partial charge in [0.2, 0.25) is 0 Å². The highest BCUT2D eigenvalue weighted by molar-refractivity contribution is 6.31. The van der Waals surface area contributed by atoms with Gasteiger partial charge in [0.1, 0.15) is 18.2 Å². The molecule has 1 atom stereocenters. The van der Waals surface area contributed by atoms with E-state index in [1.54, 1.807) is 35.2 Å². The fraction of sp³-hybridized carbons (Fsp3) is 0.409. The lowest BCUT2D eigenvalue weighted by atomic mass is 10.1. The second-order valence-corrected chi connectivity index (χ2v) is 7.75. The first-order valence-corrected chi connectivity index (χ1v) is 10.1. The Balaban J connectivity index is 1.49. The van der Waals surface area contributed by atoms with Crippen molar-refractivity contribution in [3.8, 4) is 5.75 Å². The van der Waals surface area contributed by atoms with Gasteiger partial charge in [0.15, 0.2) is 0 Å². The zero-order chi connectivity index (χ0) is 19.5. The fourth-order valence-electron chi connectivity index (χ4n) is 3.46. The van der Waals surface area contributed by atoms with Crippen LogP contribution in [0.15, 0.2) is 42.5 Å². The van der Waals surface area contributed by atoms with Crippen molar-refractivity contribution in [1.29, 1.82) is 0 Å². The fourth-order valence-corrected chi connectivity index (χ4v) is 3.68. The van der Waals surface area contributed by atoms with Crippen molar-refractivity contribution >= 4 is 17.5 Å². The van der Waals surface area contributed by atoms with E-state index < -0.39 is 0 Å². The molecule has 1 aliphatic carbocycles. The standard InChI is InChI=1S/C22H23ClFNO3/c23-20-7-2-8-21(24)19(20)13-25(16-9-10-16)22(26)15-4-1-5-17(12-15)28-14-18-6-3-11-27-18/h1-2,4-5,7-8,12,16,18H,3,6,9-11,13-14H2. The largest absolute Gasteiger partial charge is 0.491 e. The Hall–Kier alpha value is -2.11. The first-order chi connectivity index (χ1) is 13.6. The van der Waals surface area contributed by atoms with Crippen molar-refractivity contribution in [3.63, 3.8) is 0 Å². The van der Waals surface area contributed by atoms with Gasteiger partial charge in [-0.25, -0.2) is 4.39 Å². The van der Waals surface area contributed by atoms with Gasteiger partial charge >= 0.3 is 0 Å². The van der Waals surface area contributed by atoms with Crippen LogP contribution in [0.3, 0.4) is 0 Å². The molecule has 2 aliphatic rings. The Morgan fingerprint density at radius 1 is 1.21 bits per heavy atom. The Labute approximate surface area is 169 Å². The molecule has 1 amide bonds. The monoisotopic (exact) mass is 403 g/mol. The predicted molar refractivity (Wildman–Crippen MR) is 105 cm³/mol. The summed E-state index contributed by atoms with van der Waals surface area (Å²) in [5.74, 6) is 0.116. The third-order valence-electron chi connectivity index (χ3n) is 5.18. The van der Waals surface area contributed by atoms with E-state index in [1.165, 1.54) is 6.07 Å². The molecule has 148 valence electrons. The minimum absolute atomic E-state index is 0.116. The van der Waals surface area contributed by atoms with E-state index in [2.05, 4.69) is 0 Å². The Morgan fingerprint density at radius 3 is 2.75 bits per heavy atom. The summed E-state index contributed by atoms with van der Waals surface area (Å²) < 4.78 is 25.6. The van der Waals surface area contributed by atoms with Gasteiger partial charge in [0, 0.05) is 28.8 Å². The third kappa shape index (κ3) is 4.47. The molecule has 1 aliphatic heterocycles. The third-order valence-corrected chi connectivity index (χ3v) is 5.53. The maximum atomic E-state index is 14.2. The van der Waals surface area contributed by atoms with Gasteiger partial charge in [-0.05, 0) is 56.0 Å². The van der Waals surface area contributed by atoms with Crippen LogP contribution in [0.5, 0.6) is 5.75 Å². The van der Waals surface area contributed by atoms with Crippen molar-refractivity contribution in [3.05, 3.63) is 64.4 Å². The van der Waals surface area contributed by atoms with Crippen LogP contribution in [0.1, 0.15) is 41.6 Å². The maximum Gasteiger partial charge on any atom is 0.254 e. The molecule has 6 heteroatoms. The SMILES string of the molecule is O=C(c1cccc(OCC2CCCO2)c1)N(Cc1c(F)cccc1Cl)C1CC1. The van der Waals surface area contributed by atoms with Crippen molar-refractivity contribution in [2.24, 2.45) is 0 Å². The first-order valence-electron chi connectivity index (χ1n) is 9.70. The minimum atomic E-state index is -0.389. The van der Waals surface area contributed by atoms with Crippen molar-refractivity contribution in [2.45, 2.75) is 44.4 Å². The van der Waals surface area contributed by atoms with Gasteiger partial charge in [-0.3, -0.25) is 4.79 Å². The van der Waals surface area contributed by atoms with Gasteiger partial charge < -0.3 is 14.4 Å². The van der Waals surface area contributed by atoms with Crippen LogP contribution in [0.4, 0.5) is 4.39 Å². The zero-order valence-corrected chi connectivity index (χ0v) is 16.3. The number of halogens is 2. The quantitative estimate of drug-likeness (QED) is 0.663. The maximum absolute atomic E-state index is 14.2. The van der Waals surface area contributed by atoms with E-state index in [0.717, 1.165) is 32.3 Å². The van der Waals surface area contributed by atoms with Crippen LogP contribution < -0.4 is 4.74 Å². The molecule has 1 saturated heterocycles. The molecule has 2 aromatic rings. The Bertz CT molecular complexity index is 829. The number of carbonyl (C=O) groups excluding carboxylic acids is 1. The number of benzene rings is 2. The summed E-state index contributed by atoms with van der Waals surface area (Å²) in [6.07, 6.45) is 4.02. The second-order valence-electron chi connectivity index (χ2n) is 7.34. The number of ether oxygens (including phenoxy) is 2. The molecule has 0 radical (unpaired) electrons. The number of amides is 1. The number of nitrogens with zero attached hydrogens (tertiary/aromatic N) is 1. The van der Waals surface area contributed by atoms with Gasteiger partial charge in [0.25, 0.3) is 5.91 Å². The second kappa shape index (κ2) is 8.50. The highest BCUT2D eigenvalue weighted by atomic mass is 35.5. The molecule has 2 aromatic carbocycles. The van der Waals surface area contributed by atoms with E-state index in [0.29, 0.717) is 28.5 Å². The molecule has 1 heterocycles. The number of hydrogen-bond donors (Lipinski definition) is 0. The average Bonchev–Trinajstić information content (AvgIpc) is 3.40. The number of rotatable bonds is 7. The van der Waals surface area contributed by atoms with Crippen LogP contribution in [0.25, 0.3) is 0 Å². The van der Waals surface area contributed by atoms with E-state index in [9.17, 15) is 9.18 Å². The van der Waals surface area contributed by atoms with Crippen molar-refractivity contribution in [2.75, 3.05) is 13.2 Å². The van der Waals surface area contributed by atoms with Gasteiger partial charge in [-0.2, -0.15) is 0 Å². The Kier molecular flexibility index (Phi) is 5.83. The van der Waals surface area contributed by atoms with Crippen LogP contribution >= 0.6 is 11.6 Å².